The lowest BCUT2D eigenvalue weighted by Crippen LogP contribution is -2.28. The normalized spacial score (nSPS) is 12.6. The van der Waals surface area contributed by atoms with Crippen molar-refractivity contribution in [2.24, 2.45) is 4.99 Å². The van der Waals surface area contributed by atoms with Gasteiger partial charge in [0, 0.05) is 16.4 Å². The first-order valence-corrected chi connectivity index (χ1v) is 9.43. The number of ketones is 1. The van der Waals surface area contributed by atoms with Crippen molar-refractivity contribution < 1.29 is 14.3 Å². The molecule has 0 bridgehead atoms. The van der Waals surface area contributed by atoms with Gasteiger partial charge >= 0.3 is 0 Å². The van der Waals surface area contributed by atoms with Crippen LogP contribution in [0.15, 0.2) is 77.1 Å². The van der Waals surface area contributed by atoms with E-state index >= 15 is 0 Å². The maximum absolute atomic E-state index is 13.2. The third kappa shape index (κ3) is 4.59. The van der Waals surface area contributed by atoms with Gasteiger partial charge in [-0.05, 0) is 47.7 Å². The van der Waals surface area contributed by atoms with Crippen LogP contribution in [-0.4, -0.2) is 25.0 Å². The minimum Gasteiger partial charge on any atom is -0.497 e. The second kappa shape index (κ2) is 9.08. The number of carbonyl (C=O) groups excluding carboxylic acids is 2. The van der Waals surface area contributed by atoms with Crippen LogP contribution in [0.4, 0.5) is 0 Å². The zero-order chi connectivity index (χ0) is 19.1. The number of methoxy groups -OCH3 is 1. The molecule has 0 saturated heterocycles. The van der Waals surface area contributed by atoms with Gasteiger partial charge in [0.2, 0.25) is 6.08 Å². The molecule has 0 saturated carbocycles. The van der Waals surface area contributed by atoms with Crippen LogP contribution < -0.4 is 4.74 Å². The average Bonchev–Trinajstić information content (AvgIpc) is 3.25. The maximum Gasteiger partial charge on any atom is 0.235 e. The van der Waals surface area contributed by atoms with Crippen molar-refractivity contribution in [2.75, 3.05) is 7.11 Å². The third-order valence-corrected chi connectivity index (χ3v) is 5.43. The maximum atomic E-state index is 13.2. The first kappa shape index (κ1) is 18.8. The van der Waals surface area contributed by atoms with Gasteiger partial charge in [-0.15, -0.1) is 11.3 Å². The molecule has 0 aliphatic carbocycles. The number of ether oxygens (including phenoxy) is 1. The molecule has 0 aliphatic rings. The monoisotopic (exact) mass is 377 g/mol. The molecule has 27 heavy (non-hydrogen) atoms. The van der Waals surface area contributed by atoms with E-state index in [9.17, 15) is 9.59 Å². The SMILES string of the molecule is COc1ccc(C(=O)C(N=C=O)C(Cc2ccccc2)c2cccs2)cc1. The summed E-state index contributed by atoms with van der Waals surface area (Å²) in [6.45, 7) is 0. The molecular formula is C22H19NO3S. The summed E-state index contributed by atoms with van der Waals surface area (Å²) in [5.41, 5.74) is 1.58. The molecule has 0 radical (unpaired) electrons. The van der Waals surface area contributed by atoms with Crippen LogP contribution in [-0.2, 0) is 11.2 Å². The quantitative estimate of drug-likeness (QED) is 0.326. The van der Waals surface area contributed by atoms with E-state index in [-0.39, 0.29) is 11.7 Å². The van der Waals surface area contributed by atoms with Crippen molar-refractivity contribution in [3.63, 3.8) is 0 Å². The van der Waals surface area contributed by atoms with Gasteiger partial charge in [0.15, 0.2) is 5.78 Å². The number of nitrogens with zero attached hydrogens (tertiary/aromatic N) is 1. The van der Waals surface area contributed by atoms with E-state index in [2.05, 4.69) is 4.99 Å². The summed E-state index contributed by atoms with van der Waals surface area (Å²) in [5.74, 6) is 0.236. The van der Waals surface area contributed by atoms with Crippen molar-refractivity contribution in [1.82, 2.24) is 0 Å². The molecule has 2 atom stereocenters. The lowest BCUT2D eigenvalue weighted by atomic mass is 9.86. The minimum atomic E-state index is -0.824. The Labute approximate surface area is 162 Å². The molecule has 0 spiro atoms. The number of carbonyl (C=O) groups is 1. The molecule has 3 rings (SSSR count). The highest BCUT2D eigenvalue weighted by molar-refractivity contribution is 7.10. The lowest BCUT2D eigenvalue weighted by molar-refractivity contribution is 0.0950. The smallest absolute Gasteiger partial charge is 0.235 e. The topological polar surface area (TPSA) is 55.7 Å². The van der Waals surface area contributed by atoms with Crippen LogP contribution in [0.25, 0.3) is 0 Å². The van der Waals surface area contributed by atoms with Gasteiger partial charge in [-0.25, -0.2) is 4.79 Å². The minimum absolute atomic E-state index is 0.199. The standard InChI is InChI=1S/C22H19NO3S/c1-26-18-11-9-17(10-12-18)22(25)21(23-15-24)19(20-8-5-13-27-20)14-16-6-3-2-4-7-16/h2-13,19,21H,14H2,1H3. The van der Waals surface area contributed by atoms with Crippen LogP contribution in [0.5, 0.6) is 5.75 Å². The molecule has 0 N–H and O–H groups in total. The molecule has 4 nitrogen and oxygen atoms in total. The van der Waals surface area contributed by atoms with Crippen molar-refractivity contribution in [2.45, 2.75) is 18.4 Å². The number of hydrogen-bond donors (Lipinski definition) is 0. The number of thiophene rings is 1. The number of Topliss-reactive ketones (excluding diaryl/α,β-unsaturated/α-hetero) is 1. The first-order chi connectivity index (χ1) is 13.2. The van der Waals surface area contributed by atoms with Crippen molar-refractivity contribution in [3.05, 3.63) is 88.1 Å². The first-order valence-electron chi connectivity index (χ1n) is 8.55. The number of rotatable bonds is 8. The van der Waals surface area contributed by atoms with Crippen molar-refractivity contribution >= 4 is 23.2 Å². The molecule has 0 amide bonds. The second-order valence-corrected chi connectivity index (χ2v) is 7.05. The Morgan fingerprint density at radius 3 is 2.41 bits per heavy atom. The van der Waals surface area contributed by atoms with Crippen LogP contribution in [0.3, 0.4) is 0 Å². The fourth-order valence-corrected chi connectivity index (χ4v) is 3.91. The molecule has 2 aromatic carbocycles. The highest BCUT2D eigenvalue weighted by Gasteiger charge is 2.31. The third-order valence-electron chi connectivity index (χ3n) is 4.42. The van der Waals surface area contributed by atoms with Gasteiger partial charge in [-0.3, -0.25) is 4.79 Å². The van der Waals surface area contributed by atoms with Crippen LogP contribution >= 0.6 is 11.3 Å². The summed E-state index contributed by atoms with van der Waals surface area (Å²) in [7, 11) is 1.57. The molecule has 136 valence electrons. The highest BCUT2D eigenvalue weighted by atomic mass is 32.1. The van der Waals surface area contributed by atoms with E-state index in [0.29, 0.717) is 17.7 Å². The van der Waals surface area contributed by atoms with E-state index in [1.165, 1.54) is 0 Å². The van der Waals surface area contributed by atoms with Crippen LogP contribution in [0, 0.1) is 0 Å². The summed E-state index contributed by atoms with van der Waals surface area (Å²) in [4.78, 5) is 29.2. The Hall–Kier alpha value is -3.01. The van der Waals surface area contributed by atoms with Gasteiger partial charge in [-0.2, -0.15) is 4.99 Å². The van der Waals surface area contributed by atoms with E-state index < -0.39 is 6.04 Å². The summed E-state index contributed by atoms with van der Waals surface area (Å²) < 4.78 is 5.15. The Balaban J connectivity index is 1.96. The predicted octanol–water partition coefficient (Wildman–Crippen LogP) is 4.67. The van der Waals surface area contributed by atoms with Crippen LogP contribution in [0.1, 0.15) is 26.7 Å². The second-order valence-electron chi connectivity index (χ2n) is 6.07. The zero-order valence-electron chi connectivity index (χ0n) is 14.9. The predicted molar refractivity (Wildman–Crippen MR) is 106 cm³/mol. The average molecular weight is 377 g/mol. The van der Waals surface area contributed by atoms with Gasteiger partial charge in [0.1, 0.15) is 11.8 Å². The van der Waals surface area contributed by atoms with Gasteiger partial charge in [-0.1, -0.05) is 36.4 Å². The largest absolute Gasteiger partial charge is 0.497 e. The molecule has 3 aromatic rings. The Kier molecular flexibility index (Phi) is 6.31. The summed E-state index contributed by atoms with van der Waals surface area (Å²) in [6.07, 6.45) is 2.21. The molecular weight excluding hydrogens is 358 g/mol. The van der Waals surface area contributed by atoms with E-state index in [0.717, 1.165) is 10.4 Å². The van der Waals surface area contributed by atoms with E-state index in [1.54, 1.807) is 48.8 Å². The van der Waals surface area contributed by atoms with Crippen molar-refractivity contribution in [1.29, 1.82) is 0 Å². The van der Waals surface area contributed by atoms with Gasteiger partial charge in [0.05, 0.1) is 7.11 Å². The molecule has 1 heterocycles. The molecule has 0 aliphatic heterocycles. The molecule has 1 aromatic heterocycles. The summed E-state index contributed by atoms with van der Waals surface area (Å²) in [6, 6.07) is 19.9. The number of benzene rings is 2. The molecule has 0 fully saturated rings. The fourth-order valence-electron chi connectivity index (χ4n) is 3.05. The van der Waals surface area contributed by atoms with Gasteiger partial charge < -0.3 is 4.74 Å². The Morgan fingerprint density at radius 1 is 1.07 bits per heavy atom. The Bertz CT molecular complexity index is 914. The Morgan fingerprint density at radius 2 is 1.81 bits per heavy atom. The number of hydrogen-bond acceptors (Lipinski definition) is 5. The van der Waals surface area contributed by atoms with E-state index in [1.807, 2.05) is 47.8 Å². The summed E-state index contributed by atoms with van der Waals surface area (Å²) in [5, 5.41) is 1.97. The fraction of sp³-hybridized carbons (Fsp3) is 0.182. The molecule has 5 heteroatoms. The highest BCUT2D eigenvalue weighted by Crippen LogP contribution is 2.32. The zero-order valence-corrected chi connectivity index (χ0v) is 15.7. The number of aliphatic imine (C=N–C) groups is 1. The van der Waals surface area contributed by atoms with Gasteiger partial charge in [0.25, 0.3) is 0 Å². The van der Waals surface area contributed by atoms with Crippen molar-refractivity contribution in [3.8, 4) is 5.75 Å². The van der Waals surface area contributed by atoms with Crippen LogP contribution in [0.2, 0.25) is 0 Å². The number of isocyanates is 1. The van der Waals surface area contributed by atoms with E-state index in [4.69, 9.17) is 4.74 Å². The molecule has 2 unspecified atom stereocenters. The lowest BCUT2D eigenvalue weighted by Gasteiger charge is -2.21. The summed E-state index contributed by atoms with van der Waals surface area (Å²) >= 11 is 1.56.